The lowest BCUT2D eigenvalue weighted by Crippen LogP contribution is -2.38. The quantitative estimate of drug-likeness (QED) is 0.592. The Bertz CT molecular complexity index is 1160. The molecule has 0 aromatic carbocycles. The van der Waals surface area contributed by atoms with E-state index in [-0.39, 0.29) is 0 Å². The lowest BCUT2D eigenvalue weighted by atomic mass is 9.90. The Balaban J connectivity index is 1.56. The molecule has 2 aromatic heterocycles. The predicted molar refractivity (Wildman–Crippen MR) is 133 cm³/mol. The van der Waals surface area contributed by atoms with Gasteiger partial charge in [0.25, 0.3) is 0 Å². The Morgan fingerprint density at radius 3 is 2.64 bits per heavy atom. The van der Waals surface area contributed by atoms with Crippen LogP contribution in [0.5, 0.6) is 0 Å². The van der Waals surface area contributed by atoms with Crippen molar-refractivity contribution < 1.29 is 18.3 Å². The molecule has 0 bridgehead atoms. The zero-order valence-electron chi connectivity index (χ0n) is 19.9. The van der Waals surface area contributed by atoms with Gasteiger partial charge in [-0.2, -0.15) is 0 Å². The van der Waals surface area contributed by atoms with Gasteiger partial charge in [-0.1, -0.05) is 36.7 Å². The number of imidazole rings is 1. The molecule has 33 heavy (non-hydrogen) atoms. The van der Waals surface area contributed by atoms with Crippen molar-refractivity contribution in [3.8, 4) is 0 Å². The van der Waals surface area contributed by atoms with Crippen LogP contribution in [0.4, 0.5) is 0 Å². The van der Waals surface area contributed by atoms with Crippen LogP contribution in [-0.2, 0) is 20.4 Å². The fourth-order valence-electron chi connectivity index (χ4n) is 4.86. The van der Waals surface area contributed by atoms with E-state index in [1.807, 2.05) is 23.6 Å². The Morgan fingerprint density at radius 1 is 1.24 bits per heavy atom. The molecular weight excluding hydrogens is 458 g/mol. The zero-order valence-corrected chi connectivity index (χ0v) is 21.6. The Kier molecular flexibility index (Phi) is 7.05. The number of sulfonamides is 1. The van der Waals surface area contributed by atoms with Crippen molar-refractivity contribution in [3.05, 3.63) is 40.4 Å². The largest absolute Gasteiger partial charge is 0.500 e. The highest BCUT2D eigenvalue weighted by molar-refractivity contribution is 7.90. The van der Waals surface area contributed by atoms with Gasteiger partial charge in [0.15, 0.2) is 4.96 Å². The number of aliphatic hydroxyl groups is 1. The minimum Gasteiger partial charge on any atom is -0.500 e. The molecule has 0 saturated heterocycles. The van der Waals surface area contributed by atoms with E-state index < -0.39 is 20.9 Å². The summed E-state index contributed by atoms with van der Waals surface area (Å²) in [7, 11) is -2.02. The van der Waals surface area contributed by atoms with Crippen LogP contribution in [0.15, 0.2) is 24.1 Å². The second-order valence-electron chi connectivity index (χ2n) is 9.74. The van der Waals surface area contributed by atoms with E-state index in [0.29, 0.717) is 31.1 Å². The molecule has 2 heterocycles. The van der Waals surface area contributed by atoms with Gasteiger partial charge in [0.2, 0.25) is 10.0 Å². The summed E-state index contributed by atoms with van der Waals surface area (Å²) in [5, 5.41) is 9.69. The van der Waals surface area contributed by atoms with Crippen molar-refractivity contribution >= 4 is 31.9 Å². The third-order valence-corrected chi connectivity index (χ3v) is 9.84. The second-order valence-corrected chi connectivity index (χ2v) is 12.7. The van der Waals surface area contributed by atoms with Crippen molar-refractivity contribution in [2.24, 2.45) is 5.92 Å². The lowest BCUT2D eigenvalue weighted by Gasteiger charge is -2.24. The van der Waals surface area contributed by atoms with Gasteiger partial charge < -0.3 is 9.84 Å². The van der Waals surface area contributed by atoms with Gasteiger partial charge in [0.05, 0.1) is 29.0 Å². The van der Waals surface area contributed by atoms with E-state index in [4.69, 9.17) is 4.74 Å². The molecule has 1 atom stereocenters. The SMILES string of the molecule is COC1=CC=C(c2c(C)nc3sc(C(C)(C)O)cn23)CCC1S(=O)(=O)NCC1CCCCC1. The molecular formula is C24H35N3O4S2. The lowest BCUT2D eigenvalue weighted by molar-refractivity contribution is 0.0822. The number of ether oxygens (including phenoxy) is 1. The summed E-state index contributed by atoms with van der Waals surface area (Å²) in [5.41, 5.74) is 1.91. The van der Waals surface area contributed by atoms with E-state index in [9.17, 15) is 13.5 Å². The molecule has 0 amide bonds. The van der Waals surface area contributed by atoms with Crippen LogP contribution >= 0.6 is 11.3 Å². The first-order chi connectivity index (χ1) is 15.6. The molecule has 0 spiro atoms. The standard InChI is InChI=1S/C24H35N3O4S2/c1-16-22(27-15-21(24(2,3)28)32-23(27)26-16)18-10-12-19(31-4)20(13-11-18)33(29,30)25-14-17-8-6-5-7-9-17/h10,12,15,17,20,25,28H,5-9,11,13-14H2,1-4H3. The van der Waals surface area contributed by atoms with Gasteiger partial charge in [-0.25, -0.2) is 18.1 Å². The molecule has 182 valence electrons. The molecule has 0 radical (unpaired) electrons. The third kappa shape index (κ3) is 5.21. The van der Waals surface area contributed by atoms with Crippen LogP contribution in [-0.4, -0.2) is 41.8 Å². The summed E-state index contributed by atoms with van der Waals surface area (Å²) >= 11 is 1.47. The first-order valence-corrected chi connectivity index (χ1v) is 14.1. The maximum absolute atomic E-state index is 13.2. The number of aryl methyl sites for hydroxylation is 1. The normalized spacial score (nSPS) is 21.1. The van der Waals surface area contributed by atoms with Crippen molar-refractivity contribution in [1.82, 2.24) is 14.1 Å². The molecule has 2 aliphatic carbocycles. The molecule has 2 N–H and O–H groups in total. The fourth-order valence-corrected chi connectivity index (χ4v) is 7.46. The zero-order chi connectivity index (χ0) is 23.8. The van der Waals surface area contributed by atoms with Gasteiger partial charge in [-0.05, 0) is 64.0 Å². The smallest absolute Gasteiger partial charge is 0.221 e. The van der Waals surface area contributed by atoms with Gasteiger partial charge >= 0.3 is 0 Å². The number of hydrogen-bond acceptors (Lipinski definition) is 6. The third-order valence-electron chi connectivity index (χ3n) is 6.76. The molecule has 1 saturated carbocycles. The highest BCUT2D eigenvalue weighted by Gasteiger charge is 2.33. The first kappa shape index (κ1) is 24.4. The number of thiazole rings is 1. The summed E-state index contributed by atoms with van der Waals surface area (Å²) in [6.07, 6.45) is 12.5. The van der Waals surface area contributed by atoms with Crippen LogP contribution in [0.3, 0.4) is 0 Å². The Labute approximate surface area is 200 Å². The number of fused-ring (bicyclic) bond motifs is 1. The Morgan fingerprint density at radius 2 is 1.97 bits per heavy atom. The number of methoxy groups -OCH3 is 1. The van der Waals surface area contributed by atoms with Gasteiger partial charge in [0, 0.05) is 12.7 Å². The molecule has 2 aliphatic rings. The number of allylic oxidation sites excluding steroid dienone is 3. The molecule has 0 aliphatic heterocycles. The molecule has 7 nitrogen and oxygen atoms in total. The number of rotatable bonds is 7. The second kappa shape index (κ2) is 9.52. The maximum Gasteiger partial charge on any atom is 0.221 e. The van der Waals surface area contributed by atoms with E-state index in [2.05, 4.69) is 9.71 Å². The van der Waals surface area contributed by atoms with Gasteiger partial charge in [-0.3, -0.25) is 4.40 Å². The molecule has 9 heteroatoms. The van der Waals surface area contributed by atoms with Crippen molar-refractivity contribution in [1.29, 1.82) is 0 Å². The summed E-state index contributed by atoms with van der Waals surface area (Å²) < 4.78 is 36.9. The molecule has 1 unspecified atom stereocenters. The van der Waals surface area contributed by atoms with Crippen LogP contribution < -0.4 is 4.72 Å². The minimum absolute atomic E-state index is 0.425. The monoisotopic (exact) mass is 493 g/mol. The van der Waals surface area contributed by atoms with E-state index in [0.717, 1.165) is 39.6 Å². The molecule has 2 aromatic rings. The number of hydrogen-bond donors (Lipinski definition) is 2. The van der Waals surface area contributed by atoms with E-state index >= 15 is 0 Å². The summed E-state index contributed by atoms with van der Waals surface area (Å²) in [6.45, 7) is 6.00. The topological polar surface area (TPSA) is 92.9 Å². The van der Waals surface area contributed by atoms with Crippen molar-refractivity contribution in [2.75, 3.05) is 13.7 Å². The highest BCUT2D eigenvalue weighted by Crippen LogP contribution is 2.35. The average Bonchev–Trinajstić information content (AvgIpc) is 3.22. The Hall–Kier alpha value is -1.68. The van der Waals surface area contributed by atoms with Crippen LogP contribution in [0.25, 0.3) is 10.5 Å². The van der Waals surface area contributed by atoms with E-state index in [1.165, 1.54) is 37.7 Å². The minimum atomic E-state index is -3.56. The van der Waals surface area contributed by atoms with Crippen LogP contribution in [0, 0.1) is 12.8 Å². The van der Waals surface area contributed by atoms with Crippen LogP contribution in [0.2, 0.25) is 0 Å². The summed E-state index contributed by atoms with van der Waals surface area (Å²) in [4.78, 5) is 6.34. The number of aromatic nitrogens is 2. The van der Waals surface area contributed by atoms with Crippen LogP contribution in [0.1, 0.15) is 75.1 Å². The first-order valence-electron chi connectivity index (χ1n) is 11.7. The maximum atomic E-state index is 13.2. The average molecular weight is 494 g/mol. The number of nitrogens with one attached hydrogen (secondary N) is 1. The summed E-state index contributed by atoms with van der Waals surface area (Å²) in [6, 6.07) is 0. The van der Waals surface area contributed by atoms with Gasteiger partial charge in [-0.15, -0.1) is 0 Å². The molecule has 1 fully saturated rings. The fraction of sp³-hybridized carbons (Fsp3) is 0.625. The van der Waals surface area contributed by atoms with E-state index in [1.54, 1.807) is 19.9 Å². The van der Waals surface area contributed by atoms with Crippen molar-refractivity contribution in [3.63, 3.8) is 0 Å². The summed E-state index contributed by atoms with van der Waals surface area (Å²) in [5.74, 6) is 0.885. The molecule has 4 rings (SSSR count). The predicted octanol–water partition coefficient (Wildman–Crippen LogP) is 4.51. The van der Waals surface area contributed by atoms with Gasteiger partial charge in [0.1, 0.15) is 11.0 Å². The highest BCUT2D eigenvalue weighted by atomic mass is 32.2. The van der Waals surface area contributed by atoms with Crippen molar-refractivity contribution in [2.45, 2.75) is 76.6 Å². The number of nitrogens with zero attached hydrogens (tertiary/aromatic N) is 2.